The maximum atomic E-state index is 7.39. The van der Waals surface area contributed by atoms with Crippen LogP contribution in [-0.4, -0.2) is 0 Å². The predicted molar refractivity (Wildman–Crippen MR) is 65.4 cm³/mol. The van der Waals surface area contributed by atoms with Crippen LogP contribution in [0.25, 0.3) is 0 Å². The standard InChI is InChI=1S/C15H19/c1-6-8-14(7-2)15-10-11(3)9-12(4)13(15)5/h9-10,14H,6,8H2,1,3-5H3. The van der Waals surface area contributed by atoms with Crippen molar-refractivity contribution in [2.24, 2.45) is 0 Å². The van der Waals surface area contributed by atoms with Crippen LogP contribution in [0, 0.1) is 33.1 Å². The van der Waals surface area contributed by atoms with Gasteiger partial charge in [0, 0.05) is 5.92 Å². The topological polar surface area (TPSA) is 0 Å². The Bertz CT molecular complexity index is 380. The molecule has 0 spiro atoms. The fourth-order valence-corrected chi connectivity index (χ4v) is 2.03. The molecule has 79 valence electrons. The average Bonchev–Trinajstić information content (AvgIpc) is 2.20. The van der Waals surface area contributed by atoms with Crippen LogP contribution in [0.2, 0.25) is 0 Å². The summed E-state index contributed by atoms with van der Waals surface area (Å²) in [4.78, 5) is 0. The third-order valence-electron chi connectivity index (χ3n) is 2.98. The van der Waals surface area contributed by atoms with Crippen molar-refractivity contribution in [3.05, 3.63) is 40.8 Å². The van der Waals surface area contributed by atoms with Gasteiger partial charge in [-0.25, -0.2) is 0 Å². The van der Waals surface area contributed by atoms with E-state index in [0.29, 0.717) is 0 Å². The summed E-state index contributed by atoms with van der Waals surface area (Å²) in [5.41, 5.74) is 5.20. The number of hydrogen-bond donors (Lipinski definition) is 0. The molecule has 1 aromatic rings. The van der Waals surface area contributed by atoms with Crippen LogP contribution >= 0.6 is 0 Å². The minimum Gasteiger partial charge on any atom is -0.0809 e. The zero-order valence-electron chi connectivity index (χ0n) is 10.1. The Morgan fingerprint density at radius 2 is 1.93 bits per heavy atom. The number of benzene rings is 1. The van der Waals surface area contributed by atoms with E-state index in [1.807, 2.05) is 0 Å². The third-order valence-corrected chi connectivity index (χ3v) is 2.98. The Balaban J connectivity index is 3.18. The monoisotopic (exact) mass is 199 g/mol. The highest BCUT2D eigenvalue weighted by Gasteiger charge is 2.12. The van der Waals surface area contributed by atoms with Gasteiger partial charge >= 0.3 is 0 Å². The molecule has 0 aliphatic rings. The Kier molecular flexibility index (Phi) is 3.97. The first-order valence-electron chi connectivity index (χ1n) is 5.60. The first-order valence-corrected chi connectivity index (χ1v) is 5.60. The van der Waals surface area contributed by atoms with Crippen molar-refractivity contribution >= 4 is 0 Å². The molecule has 0 heterocycles. The van der Waals surface area contributed by atoms with Crippen molar-refractivity contribution in [2.45, 2.75) is 46.5 Å². The average molecular weight is 199 g/mol. The summed E-state index contributed by atoms with van der Waals surface area (Å²) in [6.07, 6.45) is 9.51. The molecule has 0 N–H and O–H groups in total. The zero-order chi connectivity index (χ0) is 11.4. The molecule has 0 bridgehead atoms. The van der Waals surface area contributed by atoms with Crippen LogP contribution in [0.15, 0.2) is 12.1 Å². The molecule has 15 heavy (non-hydrogen) atoms. The summed E-state index contributed by atoms with van der Waals surface area (Å²) < 4.78 is 0. The molecule has 1 radical (unpaired) electrons. The minimum absolute atomic E-state index is 0.175. The van der Waals surface area contributed by atoms with Gasteiger partial charge in [0.05, 0.1) is 0 Å². The Labute approximate surface area is 93.7 Å². The van der Waals surface area contributed by atoms with Crippen LogP contribution in [0.5, 0.6) is 0 Å². The molecule has 1 aromatic carbocycles. The van der Waals surface area contributed by atoms with Gasteiger partial charge in [-0.3, -0.25) is 0 Å². The van der Waals surface area contributed by atoms with E-state index in [1.54, 1.807) is 0 Å². The largest absolute Gasteiger partial charge is 0.0809 e. The fraction of sp³-hybridized carbons (Fsp3) is 0.467. The van der Waals surface area contributed by atoms with E-state index in [4.69, 9.17) is 6.42 Å². The van der Waals surface area contributed by atoms with Crippen LogP contribution in [0.4, 0.5) is 0 Å². The molecule has 0 nitrogen and oxygen atoms in total. The molecule has 0 saturated carbocycles. The molecule has 1 unspecified atom stereocenters. The maximum absolute atomic E-state index is 7.39. The van der Waals surface area contributed by atoms with Crippen molar-refractivity contribution < 1.29 is 0 Å². The molecule has 0 heteroatoms. The molecule has 1 rings (SSSR count). The van der Waals surface area contributed by atoms with Crippen LogP contribution in [0.1, 0.15) is 47.9 Å². The molecule has 0 fully saturated rings. The number of rotatable bonds is 3. The highest BCUT2D eigenvalue weighted by Crippen LogP contribution is 2.26. The number of hydrogen-bond acceptors (Lipinski definition) is 0. The quantitative estimate of drug-likeness (QED) is 0.643. The van der Waals surface area contributed by atoms with Gasteiger partial charge in [-0.05, 0) is 50.3 Å². The fourth-order valence-electron chi connectivity index (χ4n) is 2.03. The van der Waals surface area contributed by atoms with E-state index >= 15 is 0 Å². The molecule has 0 aliphatic carbocycles. The summed E-state index contributed by atoms with van der Waals surface area (Å²) in [6, 6.07) is 4.40. The summed E-state index contributed by atoms with van der Waals surface area (Å²) >= 11 is 0. The van der Waals surface area contributed by atoms with E-state index in [2.05, 4.69) is 45.7 Å². The van der Waals surface area contributed by atoms with Gasteiger partial charge in [0.2, 0.25) is 0 Å². The van der Waals surface area contributed by atoms with E-state index in [0.717, 1.165) is 12.8 Å². The molecule has 0 aromatic heterocycles. The Hall–Kier alpha value is -1.22. The maximum Gasteiger partial charge on any atom is 0.0465 e. The van der Waals surface area contributed by atoms with Gasteiger partial charge in [0.25, 0.3) is 0 Å². The smallest absolute Gasteiger partial charge is 0.0465 e. The molecule has 1 atom stereocenters. The van der Waals surface area contributed by atoms with E-state index in [1.165, 1.54) is 22.3 Å². The normalized spacial score (nSPS) is 12.2. The molecule has 0 amide bonds. The second kappa shape index (κ2) is 5.03. The highest BCUT2D eigenvalue weighted by atomic mass is 14.1. The summed E-state index contributed by atoms with van der Waals surface area (Å²) in [7, 11) is 0. The van der Waals surface area contributed by atoms with Crippen molar-refractivity contribution in [3.8, 4) is 5.92 Å². The van der Waals surface area contributed by atoms with E-state index < -0.39 is 0 Å². The lowest BCUT2D eigenvalue weighted by Gasteiger charge is -2.15. The SMILES string of the molecule is [C]#CC(CCC)c1cc(C)cc(C)c1C. The van der Waals surface area contributed by atoms with Gasteiger partial charge in [0.1, 0.15) is 0 Å². The van der Waals surface area contributed by atoms with Crippen LogP contribution in [0.3, 0.4) is 0 Å². The van der Waals surface area contributed by atoms with Gasteiger partial charge in [-0.15, -0.1) is 0 Å². The van der Waals surface area contributed by atoms with Gasteiger partial charge in [-0.1, -0.05) is 37.0 Å². The second-order valence-corrected chi connectivity index (χ2v) is 4.28. The van der Waals surface area contributed by atoms with Crippen molar-refractivity contribution in [1.82, 2.24) is 0 Å². The summed E-state index contributed by atoms with van der Waals surface area (Å²) in [5.74, 6) is 2.84. The Morgan fingerprint density at radius 1 is 1.27 bits per heavy atom. The predicted octanol–water partition coefficient (Wildman–Crippen LogP) is 4.09. The molecule has 0 saturated heterocycles. The Morgan fingerprint density at radius 3 is 2.47 bits per heavy atom. The lowest BCUT2D eigenvalue weighted by molar-refractivity contribution is 0.728. The van der Waals surface area contributed by atoms with Gasteiger partial charge < -0.3 is 0 Å². The van der Waals surface area contributed by atoms with Gasteiger partial charge in [0.15, 0.2) is 0 Å². The number of aryl methyl sites for hydroxylation is 2. The molecule has 0 aliphatic heterocycles. The van der Waals surface area contributed by atoms with Gasteiger partial charge in [-0.2, -0.15) is 0 Å². The molecular formula is C15H19. The van der Waals surface area contributed by atoms with E-state index in [9.17, 15) is 0 Å². The van der Waals surface area contributed by atoms with Crippen molar-refractivity contribution in [1.29, 1.82) is 0 Å². The van der Waals surface area contributed by atoms with Crippen LogP contribution < -0.4 is 0 Å². The lowest BCUT2D eigenvalue weighted by Crippen LogP contribution is -2.00. The summed E-state index contributed by atoms with van der Waals surface area (Å²) in [5, 5.41) is 0. The van der Waals surface area contributed by atoms with Crippen molar-refractivity contribution in [2.75, 3.05) is 0 Å². The van der Waals surface area contributed by atoms with E-state index in [-0.39, 0.29) is 5.92 Å². The first-order chi connectivity index (χ1) is 7.10. The third kappa shape index (κ3) is 2.63. The lowest BCUT2D eigenvalue weighted by atomic mass is 9.88. The van der Waals surface area contributed by atoms with Crippen molar-refractivity contribution in [3.63, 3.8) is 0 Å². The molecular weight excluding hydrogens is 180 g/mol. The summed E-state index contributed by atoms with van der Waals surface area (Å²) in [6.45, 7) is 8.55. The first kappa shape index (κ1) is 11.9. The van der Waals surface area contributed by atoms with Crippen LogP contribution in [-0.2, 0) is 0 Å². The zero-order valence-corrected chi connectivity index (χ0v) is 10.1. The highest BCUT2D eigenvalue weighted by molar-refractivity contribution is 5.41. The minimum atomic E-state index is 0.175. The second-order valence-electron chi connectivity index (χ2n) is 4.28.